The predicted molar refractivity (Wildman–Crippen MR) is 49.1 cm³/mol. The molecule has 1 saturated heterocycles. The molecule has 4 heteroatoms. The van der Waals surface area contributed by atoms with E-state index in [0.717, 1.165) is 31.6 Å². The maximum Gasteiger partial charge on any atom is 0.146 e. The molecule has 1 aliphatic heterocycles. The lowest BCUT2D eigenvalue weighted by molar-refractivity contribution is 0.110. The van der Waals surface area contributed by atoms with E-state index >= 15 is 0 Å². The Bertz CT molecular complexity index is 267. The first-order valence-electron chi connectivity index (χ1n) is 4.54. The van der Waals surface area contributed by atoms with Crippen LogP contribution in [-0.4, -0.2) is 22.9 Å². The molecule has 2 N–H and O–H groups in total. The van der Waals surface area contributed by atoms with Crippen LogP contribution in [0.25, 0.3) is 0 Å². The van der Waals surface area contributed by atoms with Gasteiger partial charge in [0.05, 0.1) is 11.8 Å². The minimum Gasteiger partial charge on any atom is -0.382 e. The monoisotopic (exact) mass is 179 g/mol. The van der Waals surface area contributed by atoms with Crippen molar-refractivity contribution in [1.29, 1.82) is 0 Å². The number of nitrogens with zero attached hydrogens (tertiary/aromatic N) is 2. The first-order chi connectivity index (χ1) is 6.34. The normalized spacial score (nSPS) is 22.0. The second-order valence-corrected chi connectivity index (χ2v) is 3.29. The van der Waals surface area contributed by atoms with Crippen LogP contribution < -0.4 is 5.73 Å². The van der Waals surface area contributed by atoms with Gasteiger partial charge in [-0.25, -0.2) is 0 Å². The van der Waals surface area contributed by atoms with E-state index in [-0.39, 0.29) is 0 Å². The Balaban J connectivity index is 1.97. The average molecular weight is 179 g/mol. The minimum atomic E-state index is 0.331. The molecule has 0 spiro atoms. The second kappa shape index (κ2) is 3.70. The molecule has 0 bridgehead atoms. The van der Waals surface area contributed by atoms with Crippen molar-refractivity contribution in [3.8, 4) is 0 Å². The quantitative estimate of drug-likeness (QED) is 0.728. The molecule has 0 amide bonds. The summed E-state index contributed by atoms with van der Waals surface area (Å²) in [5.41, 5.74) is 6.39. The van der Waals surface area contributed by atoms with E-state index < -0.39 is 0 Å². The summed E-state index contributed by atoms with van der Waals surface area (Å²) in [6.07, 6.45) is 3.48. The largest absolute Gasteiger partial charge is 0.382 e. The van der Waals surface area contributed by atoms with E-state index in [0.29, 0.717) is 11.9 Å². The number of nitrogens with two attached hydrogens (primary N) is 1. The third kappa shape index (κ3) is 2.15. The van der Waals surface area contributed by atoms with Crippen LogP contribution >= 0.6 is 0 Å². The van der Waals surface area contributed by atoms with Crippen LogP contribution in [0, 0.1) is 0 Å². The molecule has 1 fully saturated rings. The van der Waals surface area contributed by atoms with E-state index in [1.807, 2.05) is 6.07 Å². The summed E-state index contributed by atoms with van der Waals surface area (Å²) in [5.74, 6) is 0.469. The van der Waals surface area contributed by atoms with Gasteiger partial charge in [-0.3, -0.25) is 0 Å². The van der Waals surface area contributed by atoms with Crippen LogP contribution in [0.4, 0.5) is 5.82 Å². The highest BCUT2D eigenvalue weighted by molar-refractivity contribution is 5.25. The van der Waals surface area contributed by atoms with Gasteiger partial charge in [0.1, 0.15) is 5.82 Å². The van der Waals surface area contributed by atoms with E-state index in [1.54, 1.807) is 6.07 Å². The molecule has 13 heavy (non-hydrogen) atoms. The van der Waals surface area contributed by atoms with Gasteiger partial charge >= 0.3 is 0 Å². The Kier molecular flexibility index (Phi) is 2.40. The van der Waals surface area contributed by atoms with Crippen LogP contribution in [0.15, 0.2) is 12.1 Å². The standard InChI is InChI=1S/C9H13N3O/c10-9-4-3-7(11-12-9)6-8-2-1-5-13-8/h3-4,8H,1-2,5-6H2,(H2,10,12). The van der Waals surface area contributed by atoms with E-state index in [1.165, 1.54) is 0 Å². The van der Waals surface area contributed by atoms with Crippen molar-refractivity contribution in [2.75, 3.05) is 12.3 Å². The highest BCUT2D eigenvalue weighted by Crippen LogP contribution is 2.15. The number of ether oxygens (including phenoxy) is 1. The van der Waals surface area contributed by atoms with E-state index in [9.17, 15) is 0 Å². The topological polar surface area (TPSA) is 61.0 Å². The summed E-state index contributed by atoms with van der Waals surface area (Å²) in [4.78, 5) is 0. The van der Waals surface area contributed by atoms with Gasteiger partial charge in [0, 0.05) is 13.0 Å². The van der Waals surface area contributed by atoms with Gasteiger partial charge in [0.2, 0.25) is 0 Å². The minimum absolute atomic E-state index is 0.331. The molecule has 0 aliphatic carbocycles. The van der Waals surface area contributed by atoms with Gasteiger partial charge < -0.3 is 10.5 Å². The SMILES string of the molecule is Nc1ccc(CC2CCCO2)nn1. The molecule has 2 heterocycles. The van der Waals surface area contributed by atoms with Crippen LogP contribution in [0.1, 0.15) is 18.5 Å². The molecular formula is C9H13N3O. The zero-order valence-corrected chi connectivity index (χ0v) is 7.44. The van der Waals surface area contributed by atoms with Crippen molar-refractivity contribution < 1.29 is 4.74 Å². The average Bonchev–Trinajstić information content (AvgIpc) is 2.62. The zero-order chi connectivity index (χ0) is 9.10. The number of nitrogen functional groups attached to an aromatic ring is 1. The molecular weight excluding hydrogens is 166 g/mol. The summed E-state index contributed by atoms with van der Waals surface area (Å²) in [7, 11) is 0. The molecule has 0 saturated carbocycles. The van der Waals surface area contributed by atoms with Gasteiger partial charge in [-0.2, -0.15) is 5.10 Å². The Morgan fingerprint density at radius 1 is 1.46 bits per heavy atom. The van der Waals surface area contributed by atoms with Crippen molar-refractivity contribution in [3.63, 3.8) is 0 Å². The van der Waals surface area contributed by atoms with Gasteiger partial charge in [-0.15, -0.1) is 5.10 Å². The van der Waals surface area contributed by atoms with Crippen molar-refractivity contribution >= 4 is 5.82 Å². The van der Waals surface area contributed by atoms with Gasteiger partial charge in [0.15, 0.2) is 0 Å². The third-order valence-electron chi connectivity index (χ3n) is 2.20. The summed E-state index contributed by atoms with van der Waals surface area (Å²) < 4.78 is 5.49. The number of aromatic nitrogens is 2. The molecule has 2 rings (SSSR count). The molecule has 1 unspecified atom stereocenters. The lowest BCUT2D eigenvalue weighted by Gasteiger charge is -2.07. The molecule has 4 nitrogen and oxygen atoms in total. The molecule has 1 atom stereocenters. The smallest absolute Gasteiger partial charge is 0.146 e. The summed E-state index contributed by atoms with van der Waals surface area (Å²) in [5, 5.41) is 7.78. The van der Waals surface area contributed by atoms with Crippen LogP contribution in [-0.2, 0) is 11.2 Å². The molecule has 1 aliphatic rings. The van der Waals surface area contributed by atoms with Crippen LogP contribution in [0.5, 0.6) is 0 Å². The number of hydrogen-bond acceptors (Lipinski definition) is 4. The Hall–Kier alpha value is -1.16. The Morgan fingerprint density at radius 2 is 2.38 bits per heavy atom. The predicted octanol–water partition coefficient (Wildman–Crippen LogP) is 0.780. The van der Waals surface area contributed by atoms with Crippen molar-refractivity contribution in [2.45, 2.75) is 25.4 Å². The number of anilines is 1. The zero-order valence-electron chi connectivity index (χ0n) is 7.44. The van der Waals surface area contributed by atoms with Gasteiger partial charge in [0.25, 0.3) is 0 Å². The Labute approximate surface area is 77.1 Å². The lowest BCUT2D eigenvalue weighted by atomic mass is 10.1. The van der Waals surface area contributed by atoms with Crippen molar-refractivity contribution in [2.24, 2.45) is 0 Å². The number of hydrogen-bond donors (Lipinski definition) is 1. The highest BCUT2D eigenvalue weighted by Gasteiger charge is 2.16. The third-order valence-corrected chi connectivity index (χ3v) is 2.20. The fourth-order valence-corrected chi connectivity index (χ4v) is 1.52. The fraction of sp³-hybridized carbons (Fsp3) is 0.556. The van der Waals surface area contributed by atoms with Crippen LogP contribution in [0.2, 0.25) is 0 Å². The van der Waals surface area contributed by atoms with Gasteiger partial charge in [-0.1, -0.05) is 0 Å². The Morgan fingerprint density at radius 3 is 3.00 bits per heavy atom. The molecule has 0 aromatic carbocycles. The first-order valence-corrected chi connectivity index (χ1v) is 4.54. The maximum absolute atomic E-state index is 5.49. The molecule has 0 radical (unpaired) electrons. The van der Waals surface area contributed by atoms with Crippen molar-refractivity contribution in [1.82, 2.24) is 10.2 Å². The molecule has 70 valence electrons. The highest BCUT2D eigenvalue weighted by atomic mass is 16.5. The van der Waals surface area contributed by atoms with E-state index in [4.69, 9.17) is 10.5 Å². The van der Waals surface area contributed by atoms with E-state index in [2.05, 4.69) is 10.2 Å². The fourth-order valence-electron chi connectivity index (χ4n) is 1.52. The maximum atomic E-state index is 5.49. The number of rotatable bonds is 2. The van der Waals surface area contributed by atoms with Crippen LogP contribution in [0.3, 0.4) is 0 Å². The summed E-state index contributed by atoms with van der Waals surface area (Å²) >= 11 is 0. The lowest BCUT2D eigenvalue weighted by Crippen LogP contribution is -2.10. The summed E-state index contributed by atoms with van der Waals surface area (Å²) in [6.45, 7) is 0.882. The molecule has 1 aromatic rings. The second-order valence-electron chi connectivity index (χ2n) is 3.29. The van der Waals surface area contributed by atoms with Crippen molar-refractivity contribution in [3.05, 3.63) is 17.8 Å². The summed E-state index contributed by atoms with van der Waals surface area (Å²) in [6, 6.07) is 3.68. The molecule has 1 aromatic heterocycles. The van der Waals surface area contributed by atoms with Gasteiger partial charge in [-0.05, 0) is 25.0 Å². The first kappa shape index (κ1) is 8.44.